The molecule has 0 unspecified atom stereocenters. The Morgan fingerprint density at radius 1 is 0.833 bits per heavy atom. The van der Waals surface area contributed by atoms with Gasteiger partial charge in [-0.2, -0.15) is 0 Å². The van der Waals surface area contributed by atoms with Crippen molar-refractivity contribution in [1.82, 2.24) is 0 Å². The van der Waals surface area contributed by atoms with Gasteiger partial charge in [-0.25, -0.2) is 4.79 Å². The lowest BCUT2D eigenvalue weighted by Crippen LogP contribution is -2.12. The first-order valence-electron chi connectivity index (χ1n) is 9.20. The lowest BCUT2D eigenvalue weighted by Gasteiger charge is -2.11. The van der Waals surface area contributed by atoms with Crippen LogP contribution in [0, 0.1) is 0 Å². The van der Waals surface area contributed by atoms with Crippen molar-refractivity contribution in [2.75, 3.05) is 0 Å². The molecule has 0 atom stereocenters. The van der Waals surface area contributed by atoms with Crippen molar-refractivity contribution in [1.29, 1.82) is 0 Å². The number of carbonyl (C=O) groups excluding carboxylic acids is 1. The van der Waals surface area contributed by atoms with E-state index >= 15 is 0 Å². The Kier molecular flexibility index (Phi) is 8.18. The molecule has 0 aliphatic heterocycles. The van der Waals surface area contributed by atoms with E-state index < -0.39 is 11.8 Å². The van der Waals surface area contributed by atoms with E-state index in [1.54, 1.807) is 12.1 Å². The number of rotatable bonds is 10. The van der Waals surface area contributed by atoms with Gasteiger partial charge in [0.15, 0.2) is 5.78 Å². The molecule has 4 nitrogen and oxygen atoms in total. The first kappa shape index (κ1) is 21.7. The quantitative estimate of drug-likeness (QED) is 0.238. The summed E-state index contributed by atoms with van der Waals surface area (Å²) in [6.07, 6.45) is 4.22. The van der Waals surface area contributed by atoms with Crippen LogP contribution in [0.3, 0.4) is 0 Å². The number of aliphatic carboxylic acids is 1. The fourth-order valence-electron chi connectivity index (χ4n) is 2.55. The molecule has 0 aliphatic carbocycles. The van der Waals surface area contributed by atoms with Crippen LogP contribution in [0.2, 0.25) is 0 Å². The summed E-state index contributed by atoms with van der Waals surface area (Å²) in [6, 6.07) is 22.9. The third-order valence-electron chi connectivity index (χ3n) is 4.03. The van der Waals surface area contributed by atoms with Crippen LogP contribution in [-0.4, -0.2) is 16.9 Å². The number of hydrogen-bond acceptors (Lipinski definition) is 5. The second-order valence-corrected chi connectivity index (χ2v) is 8.46. The molecule has 1 heterocycles. The van der Waals surface area contributed by atoms with Gasteiger partial charge in [-0.1, -0.05) is 60.7 Å². The predicted octanol–water partition coefficient (Wildman–Crippen LogP) is 6.02. The van der Waals surface area contributed by atoms with Gasteiger partial charge >= 0.3 is 5.97 Å². The summed E-state index contributed by atoms with van der Waals surface area (Å²) in [5.74, 6) is -0.160. The second-order valence-electron chi connectivity index (χ2n) is 6.23. The summed E-state index contributed by atoms with van der Waals surface area (Å²) in [4.78, 5) is 24.8. The van der Waals surface area contributed by atoms with Gasteiger partial charge in [0.1, 0.15) is 11.3 Å². The Bertz CT molecular complexity index is 978. The van der Waals surface area contributed by atoms with Crippen molar-refractivity contribution >= 4 is 41.4 Å². The molecule has 0 fully saturated rings. The Morgan fingerprint density at radius 2 is 1.40 bits per heavy atom. The lowest BCUT2D eigenvalue weighted by atomic mass is 10.2. The molecular weight excluding hydrogens is 416 g/mol. The maximum absolute atomic E-state index is 12.8. The zero-order chi connectivity index (χ0) is 21.2. The molecule has 0 bridgehead atoms. The molecule has 1 aromatic heterocycles. The average molecular weight is 437 g/mol. The van der Waals surface area contributed by atoms with Crippen molar-refractivity contribution < 1.29 is 19.1 Å². The first-order valence-corrected chi connectivity index (χ1v) is 11.2. The normalized spacial score (nSPS) is 10.8. The zero-order valence-corrected chi connectivity index (χ0v) is 17.7. The van der Waals surface area contributed by atoms with E-state index in [0.29, 0.717) is 21.5 Å². The molecular formula is C24H20O4S2. The number of carboxylic acids is 1. The van der Waals surface area contributed by atoms with Crippen LogP contribution < -0.4 is 0 Å². The van der Waals surface area contributed by atoms with E-state index in [2.05, 4.69) is 0 Å². The van der Waals surface area contributed by atoms with E-state index in [1.807, 2.05) is 60.7 Å². The van der Waals surface area contributed by atoms with Gasteiger partial charge < -0.3 is 9.52 Å². The number of thioether (sulfide) groups is 2. The van der Waals surface area contributed by atoms with E-state index in [1.165, 1.54) is 41.9 Å². The smallest absolute Gasteiger partial charge is 0.341 e. The van der Waals surface area contributed by atoms with Gasteiger partial charge in [0, 0.05) is 11.5 Å². The van der Waals surface area contributed by atoms with E-state index in [0.717, 1.165) is 11.1 Å². The molecule has 3 aromatic rings. The molecule has 3 rings (SSSR count). The van der Waals surface area contributed by atoms with Crippen LogP contribution in [0.5, 0.6) is 0 Å². The summed E-state index contributed by atoms with van der Waals surface area (Å²) in [6.45, 7) is 0. The zero-order valence-electron chi connectivity index (χ0n) is 16.1. The van der Waals surface area contributed by atoms with E-state index in [9.17, 15) is 14.7 Å². The molecule has 30 heavy (non-hydrogen) atoms. The topological polar surface area (TPSA) is 67.5 Å². The number of hydrogen-bond donors (Lipinski definition) is 1. The highest BCUT2D eigenvalue weighted by molar-refractivity contribution is 8.21. The lowest BCUT2D eigenvalue weighted by molar-refractivity contribution is -0.134. The summed E-state index contributed by atoms with van der Waals surface area (Å²) >= 11 is 2.73. The number of carboxylic acid groups (broad SMARTS) is 1. The predicted molar refractivity (Wildman–Crippen MR) is 123 cm³/mol. The molecule has 152 valence electrons. The summed E-state index contributed by atoms with van der Waals surface area (Å²) in [5.41, 5.74) is 1.90. The molecule has 0 spiro atoms. The molecule has 0 radical (unpaired) electrons. The highest BCUT2D eigenvalue weighted by Gasteiger charge is 2.22. The van der Waals surface area contributed by atoms with Crippen molar-refractivity contribution in [3.63, 3.8) is 0 Å². The standard InChI is InChI=1S/C24H20O4S2/c25-21(14-13-20-12-7-15-28-20)22(23(26)27)24(29-16-18-8-3-1-4-9-18)30-17-19-10-5-2-6-11-19/h1-15H,16-17H2,(H,26,27)/b14-13+. The Morgan fingerprint density at radius 3 is 1.87 bits per heavy atom. The average Bonchev–Trinajstić information content (AvgIpc) is 3.29. The van der Waals surface area contributed by atoms with Crippen LogP contribution in [0.1, 0.15) is 16.9 Å². The number of allylic oxidation sites excluding steroid dienone is 1. The fraction of sp³-hybridized carbons (Fsp3) is 0.0833. The van der Waals surface area contributed by atoms with Crippen molar-refractivity contribution in [2.45, 2.75) is 11.5 Å². The maximum atomic E-state index is 12.8. The van der Waals surface area contributed by atoms with Gasteiger partial charge in [0.25, 0.3) is 0 Å². The summed E-state index contributed by atoms with van der Waals surface area (Å²) in [7, 11) is 0. The van der Waals surface area contributed by atoms with Gasteiger partial charge in [-0.3, -0.25) is 4.79 Å². The van der Waals surface area contributed by atoms with Gasteiger partial charge in [-0.05, 0) is 35.4 Å². The Balaban J connectivity index is 1.86. The SMILES string of the molecule is O=C(O)C(C(=O)/C=C/c1ccco1)=C(SCc1ccccc1)SCc1ccccc1. The third kappa shape index (κ3) is 6.54. The third-order valence-corrected chi connectivity index (χ3v) is 6.63. The summed E-state index contributed by atoms with van der Waals surface area (Å²) in [5, 5.41) is 9.80. The van der Waals surface area contributed by atoms with Crippen LogP contribution in [0.15, 0.2) is 99.4 Å². The monoisotopic (exact) mass is 436 g/mol. The Labute approximate surface area is 183 Å². The highest BCUT2D eigenvalue weighted by atomic mass is 32.2. The number of benzene rings is 2. The van der Waals surface area contributed by atoms with Gasteiger partial charge in [0.2, 0.25) is 0 Å². The molecule has 0 aliphatic rings. The van der Waals surface area contributed by atoms with Crippen molar-refractivity contribution in [3.05, 3.63) is 112 Å². The van der Waals surface area contributed by atoms with Crippen LogP contribution in [-0.2, 0) is 21.1 Å². The second kappa shape index (κ2) is 11.3. The van der Waals surface area contributed by atoms with Crippen molar-refractivity contribution in [3.8, 4) is 0 Å². The largest absolute Gasteiger partial charge is 0.477 e. The molecule has 1 N–H and O–H groups in total. The molecule has 6 heteroatoms. The van der Waals surface area contributed by atoms with Gasteiger partial charge in [0.05, 0.1) is 10.5 Å². The van der Waals surface area contributed by atoms with Crippen LogP contribution in [0.4, 0.5) is 0 Å². The summed E-state index contributed by atoms with van der Waals surface area (Å²) < 4.78 is 5.67. The highest BCUT2D eigenvalue weighted by Crippen LogP contribution is 2.37. The first-order chi connectivity index (χ1) is 14.6. The number of ketones is 1. The van der Waals surface area contributed by atoms with Crippen molar-refractivity contribution in [2.24, 2.45) is 0 Å². The number of furan rings is 1. The molecule has 2 aromatic carbocycles. The molecule has 0 saturated heterocycles. The molecule has 0 amide bonds. The fourth-order valence-corrected chi connectivity index (χ4v) is 4.88. The van der Waals surface area contributed by atoms with Crippen LogP contribution >= 0.6 is 23.5 Å². The van der Waals surface area contributed by atoms with Crippen LogP contribution in [0.25, 0.3) is 6.08 Å². The van der Waals surface area contributed by atoms with E-state index in [-0.39, 0.29) is 5.57 Å². The van der Waals surface area contributed by atoms with E-state index in [4.69, 9.17) is 4.42 Å². The maximum Gasteiger partial charge on any atom is 0.341 e. The minimum absolute atomic E-state index is 0.223. The number of carbonyl (C=O) groups is 2. The Hall–Kier alpha value is -2.96. The molecule has 0 saturated carbocycles. The minimum Gasteiger partial charge on any atom is -0.477 e. The minimum atomic E-state index is -1.24. The van der Waals surface area contributed by atoms with Gasteiger partial charge in [-0.15, -0.1) is 23.5 Å².